The van der Waals surface area contributed by atoms with E-state index in [0.717, 1.165) is 28.3 Å². The van der Waals surface area contributed by atoms with Crippen LogP contribution < -0.4 is 4.90 Å². The SMILES string of the molecule is CCc1nc(N(CCC(=O)O)Cc2ccco2)c2ccccc2n1. The smallest absolute Gasteiger partial charge is 0.305 e. The molecule has 24 heavy (non-hydrogen) atoms. The van der Waals surface area contributed by atoms with Gasteiger partial charge in [0.1, 0.15) is 17.4 Å². The minimum absolute atomic E-state index is 0.0283. The molecule has 0 radical (unpaired) electrons. The van der Waals surface area contributed by atoms with Gasteiger partial charge in [0.15, 0.2) is 0 Å². The minimum atomic E-state index is -0.839. The van der Waals surface area contributed by atoms with Gasteiger partial charge >= 0.3 is 5.97 Å². The molecule has 2 aromatic heterocycles. The number of rotatable bonds is 7. The molecule has 0 aliphatic rings. The van der Waals surface area contributed by atoms with E-state index in [4.69, 9.17) is 9.52 Å². The van der Waals surface area contributed by atoms with Gasteiger partial charge in [0, 0.05) is 18.4 Å². The van der Waals surface area contributed by atoms with Crippen LogP contribution in [-0.4, -0.2) is 27.6 Å². The van der Waals surface area contributed by atoms with Crippen molar-refractivity contribution in [3.8, 4) is 0 Å². The normalized spacial score (nSPS) is 10.9. The van der Waals surface area contributed by atoms with Crippen LogP contribution in [0.5, 0.6) is 0 Å². The summed E-state index contributed by atoms with van der Waals surface area (Å²) in [6, 6.07) is 11.5. The number of carbonyl (C=O) groups is 1. The van der Waals surface area contributed by atoms with Crippen molar-refractivity contribution in [3.05, 3.63) is 54.2 Å². The molecule has 0 bridgehead atoms. The second-order valence-electron chi connectivity index (χ2n) is 5.48. The van der Waals surface area contributed by atoms with Gasteiger partial charge in [0.2, 0.25) is 0 Å². The van der Waals surface area contributed by atoms with Crippen LogP contribution in [0.3, 0.4) is 0 Å². The average molecular weight is 325 g/mol. The van der Waals surface area contributed by atoms with Gasteiger partial charge < -0.3 is 14.4 Å². The van der Waals surface area contributed by atoms with Crippen molar-refractivity contribution < 1.29 is 14.3 Å². The van der Waals surface area contributed by atoms with Crippen LogP contribution in [0.25, 0.3) is 10.9 Å². The fraction of sp³-hybridized carbons (Fsp3) is 0.278. The predicted octanol–water partition coefficient (Wildman–Crippen LogP) is 3.27. The fourth-order valence-electron chi connectivity index (χ4n) is 2.59. The van der Waals surface area contributed by atoms with Gasteiger partial charge in [-0.15, -0.1) is 0 Å². The summed E-state index contributed by atoms with van der Waals surface area (Å²) in [4.78, 5) is 22.2. The van der Waals surface area contributed by atoms with Crippen molar-refractivity contribution >= 4 is 22.7 Å². The molecule has 0 unspecified atom stereocenters. The number of para-hydroxylation sites is 1. The Hall–Kier alpha value is -2.89. The number of carboxylic acids is 1. The molecule has 0 saturated heterocycles. The third-order valence-electron chi connectivity index (χ3n) is 3.77. The second kappa shape index (κ2) is 7.12. The van der Waals surface area contributed by atoms with E-state index < -0.39 is 5.97 Å². The van der Waals surface area contributed by atoms with Crippen molar-refractivity contribution in [2.75, 3.05) is 11.4 Å². The quantitative estimate of drug-likeness (QED) is 0.718. The van der Waals surface area contributed by atoms with E-state index in [0.29, 0.717) is 19.5 Å². The lowest BCUT2D eigenvalue weighted by atomic mass is 10.2. The molecule has 6 heteroatoms. The highest BCUT2D eigenvalue weighted by atomic mass is 16.4. The van der Waals surface area contributed by atoms with Gasteiger partial charge in [-0.3, -0.25) is 4.79 Å². The van der Waals surface area contributed by atoms with E-state index in [1.807, 2.05) is 48.2 Å². The molecule has 0 aliphatic carbocycles. The maximum absolute atomic E-state index is 11.0. The van der Waals surface area contributed by atoms with E-state index in [1.54, 1.807) is 6.26 Å². The largest absolute Gasteiger partial charge is 0.481 e. The number of nitrogens with zero attached hydrogens (tertiary/aromatic N) is 3. The monoisotopic (exact) mass is 325 g/mol. The molecule has 0 saturated carbocycles. The zero-order valence-corrected chi connectivity index (χ0v) is 13.5. The van der Waals surface area contributed by atoms with Crippen molar-refractivity contribution in [3.63, 3.8) is 0 Å². The molecule has 6 nitrogen and oxygen atoms in total. The van der Waals surface area contributed by atoms with E-state index in [1.165, 1.54) is 0 Å². The Labute approximate surface area is 139 Å². The zero-order chi connectivity index (χ0) is 16.9. The number of aryl methyl sites for hydroxylation is 1. The molecule has 124 valence electrons. The predicted molar refractivity (Wildman–Crippen MR) is 90.9 cm³/mol. The summed E-state index contributed by atoms with van der Waals surface area (Å²) in [5, 5.41) is 9.98. The van der Waals surface area contributed by atoms with Crippen molar-refractivity contribution in [1.29, 1.82) is 0 Å². The first-order valence-electron chi connectivity index (χ1n) is 7.92. The lowest BCUT2D eigenvalue weighted by Gasteiger charge is -2.24. The Bertz CT molecular complexity index is 831. The van der Waals surface area contributed by atoms with Crippen LogP contribution in [0.4, 0.5) is 5.82 Å². The second-order valence-corrected chi connectivity index (χ2v) is 5.48. The van der Waals surface area contributed by atoms with Gasteiger partial charge in [-0.25, -0.2) is 9.97 Å². The molecule has 0 fully saturated rings. The highest BCUT2D eigenvalue weighted by Crippen LogP contribution is 2.26. The maximum atomic E-state index is 11.0. The van der Waals surface area contributed by atoms with Crippen LogP contribution in [0.15, 0.2) is 47.1 Å². The number of anilines is 1. The highest BCUT2D eigenvalue weighted by molar-refractivity contribution is 5.89. The summed E-state index contributed by atoms with van der Waals surface area (Å²) >= 11 is 0. The van der Waals surface area contributed by atoms with E-state index in [2.05, 4.69) is 9.97 Å². The zero-order valence-electron chi connectivity index (χ0n) is 13.5. The number of fused-ring (bicyclic) bond motifs is 1. The molecule has 1 N–H and O–H groups in total. The molecule has 2 heterocycles. The van der Waals surface area contributed by atoms with Gasteiger partial charge in [0.25, 0.3) is 0 Å². The van der Waals surface area contributed by atoms with E-state index >= 15 is 0 Å². The summed E-state index contributed by atoms with van der Waals surface area (Å²) in [5.41, 5.74) is 0.860. The van der Waals surface area contributed by atoms with Gasteiger partial charge in [0.05, 0.1) is 24.7 Å². The van der Waals surface area contributed by atoms with Crippen molar-refractivity contribution in [1.82, 2.24) is 9.97 Å². The Morgan fingerprint density at radius 2 is 2.04 bits per heavy atom. The molecular weight excluding hydrogens is 306 g/mol. The van der Waals surface area contributed by atoms with Gasteiger partial charge in [-0.2, -0.15) is 0 Å². The number of hydrogen-bond donors (Lipinski definition) is 1. The van der Waals surface area contributed by atoms with Gasteiger partial charge in [-0.05, 0) is 24.3 Å². The molecule has 1 aromatic carbocycles. The third kappa shape index (κ3) is 3.53. The summed E-state index contributed by atoms with van der Waals surface area (Å²) in [6.45, 7) is 2.81. The fourth-order valence-corrected chi connectivity index (χ4v) is 2.59. The molecule has 3 rings (SSSR count). The summed E-state index contributed by atoms with van der Waals surface area (Å²) in [7, 11) is 0. The van der Waals surface area contributed by atoms with Crippen LogP contribution in [0.1, 0.15) is 24.9 Å². The Balaban J connectivity index is 2.04. The Morgan fingerprint density at radius 3 is 2.75 bits per heavy atom. The summed E-state index contributed by atoms with van der Waals surface area (Å²) in [6.07, 6.45) is 2.35. The molecule has 0 spiro atoms. The Morgan fingerprint density at radius 1 is 1.21 bits per heavy atom. The molecule has 0 aliphatic heterocycles. The number of hydrogen-bond acceptors (Lipinski definition) is 5. The minimum Gasteiger partial charge on any atom is -0.481 e. The number of carboxylic acid groups (broad SMARTS) is 1. The first-order valence-corrected chi connectivity index (χ1v) is 7.92. The number of aromatic nitrogens is 2. The number of furan rings is 1. The van der Waals surface area contributed by atoms with E-state index in [-0.39, 0.29) is 6.42 Å². The van der Waals surface area contributed by atoms with Gasteiger partial charge in [-0.1, -0.05) is 19.1 Å². The third-order valence-corrected chi connectivity index (χ3v) is 3.77. The van der Waals surface area contributed by atoms with Crippen molar-refractivity contribution in [2.45, 2.75) is 26.3 Å². The van der Waals surface area contributed by atoms with Crippen LogP contribution in [0, 0.1) is 0 Å². The summed E-state index contributed by atoms with van der Waals surface area (Å²) in [5.74, 6) is 1.41. The molecular formula is C18H19N3O3. The number of benzene rings is 1. The van der Waals surface area contributed by atoms with E-state index in [9.17, 15) is 4.79 Å². The average Bonchev–Trinajstić information content (AvgIpc) is 3.10. The van der Waals surface area contributed by atoms with Crippen molar-refractivity contribution in [2.24, 2.45) is 0 Å². The standard InChI is InChI=1S/C18H19N3O3/c1-2-16-19-15-8-4-3-7-14(15)18(20-16)21(10-9-17(22)23)12-13-6-5-11-24-13/h3-8,11H,2,9-10,12H2,1H3,(H,22,23). The maximum Gasteiger partial charge on any atom is 0.305 e. The van der Waals surface area contributed by atoms with Crippen LogP contribution in [-0.2, 0) is 17.8 Å². The highest BCUT2D eigenvalue weighted by Gasteiger charge is 2.17. The molecule has 0 atom stereocenters. The molecule has 0 amide bonds. The number of aliphatic carboxylic acids is 1. The topological polar surface area (TPSA) is 79.5 Å². The first-order chi connectivity index (χ1) is 11.7. The Kier molecular flexibility index (Phi) is 4.74. The lowest BCUT2D eigenvalue weighted by molar-refractivity contribution is -0.136. The lowest BCUT2D eigenvalue weighted by Crippen LogP contribution is -2.27. The first kappa shape index (κ1) is 16.0. The van der Waals surface area contributed by atoms with Crippen LogP contribution >= 0.6 is 0 Å². The summed E-state index contributed by atoms with van der Waals surface area (Å²) < 4.78 is 5.43. The van der Waals surface area contributed by atoms with Crippen LogP contribution in [0.2, 0.25) is 0 Å². The molecule has 3 aromatic rings.